The van der Waals surface area contributed by atoms with Gasteiger partial charge in [0.25, 0.3) is 5.09 Å². The van der Waals surface area contributed by atoms with Crippen molar-refractivity contribution in [2.75, 3.05) is 13.2 Å². The van der Waals surface area contributed by atoms with Crippen molar-refractivity contribution in [2.24, 2.45) is 0 Å². The van der Waals surface area contributed by atoms with Crippen molar-refractivity contribution in [2.45, 2.75) is 24.4 Å². The molecule has 0 aromatic heterocycles. The van der Waals surface area contributed by atoms with Crippen LogP contribution in [0, 0.1) is 10.1 Å². The molecular weight excluding hydrogens is 261 g/mol. The van der Waals surface area contributed by atoms with Gasteiger partial charge in [0.05, 0.1) is 13.2 Å². The third kappa shape index (κ3) is 2.92. The van der Waals surface area contributed by atoms with Crippen LogP contribution >= 0.6 is 7.82 Å². The molecule has 0 spiro atoms. The van der Waals surface area contributed by atoms with Crippen molar-refractivity contribution in [1.82, 2.24) is 0 Å². The molecule has 2 fully saturated rings. The zero-order valence-corrected chi connectivity index (χ0v) is 9.26. The molecular formula is C6H10NO9P. The number of hydrogen-bond acceptors (Lipinski definition) is 7. The van der Waals surface area contributed by atoms with Gasteiger partial charge in [-0.25, -0.2) is 4.57 Å². The van der Waals surface area contributed by atoms with Crippen molar-refractivity contribution in [1.29, 1.82) is 0 Å². The Balaban J connectivity index is 1.97. The van der Waals surface area contributed by atoms with Crippen LogP contribution in [-0.2, 0) is 23.4 Å². The monoisotopic (exact) mass is 271 g/mol. The molecule has 0 radical (unpaired) electrons. The molecule has 0 bridgehead atoms. The lowest BCUT2D eigenvalue weighted by Gasteiger charge is -2.16. The molecule has 2 rings (SSSR count). The van der Waals surface area contributed by atoms with E-state index in [9.17, 15) is 14.7 Å². The number of rotatable bonds is 4. The van der Waals surface area contributed by atoms with Gasteiger partial charge in [0, 0.05) is 0 Å². The zero-order valence-electron chi connectivity index (χ0n) is 8.37. The zero-order chi connectivity index (χ0) is 12.6. The van der Waals surface area contributed by atoms with E-state index in [1.54, 1.807) is 0 Å². The molecule has 98 valence electrons. The third-order valence-corrected chi connectivity index (χ3v) is 3.00. The minimum atomic E-state index is -4.65. The van der Waals surface area contributed by atoms with Crippen LogP contribution in [0.5, 0.6) is 0 Å². The van der Waals surface area contributed by atoms with Gasteiger partial charge < -0.3 is 24.1 Å². The van der Waals surface area contributed by atoms with E-state index in [1.165, 1.54) is 0 Å². The largest absolute Gasteiger partial charge is 0.470 e. The highest BCUT2D eigenvalue weighted by Gasteiger charge is 2.51. The molecule has 10 nitrogen and oxygen atoms in total. The van der Waals surface area contributed by atoms with E-state index < -0.39 is 37.3 Å². The Morgan fingerprint density at radius 2 is 1.76 bits per heavy atom. The Kier molecular flexibility index (Phi) is 3.34. The van der Waals surface area contributed by atoms with E-state index >= 15 is 0 Å². The summed E-state index contributed by atoms with van der Waals surface area (Å²) in [5.41, 5.74) is 0. The quantitative estimate of drug-likeness (QED) is 0.368. The molecule has 4 unspecified atom stereocenters. The van der Waals surface area contributed by atoms with Crippen molar-refractivity contribution >= 4 is 7.82 Å². The predicted molar refractivity (Wildman–Crippen MR) is 48.3 cm³/mol. The first-order chi connectivity index (χ1) is 7.87. The summed E-state index contributed by atoms with van der Waals surface area (Å²) in [6.45, 7) is -0.199. The van der Waals surface area contributed by atoms with Crippen molar-refractivity contribution in [3.63, 3.8) is 0 Å². The van der Waals surface area contributed by atoms with E-state index in [4.69, 9.17) is 19.3 Å². The molecule has 0 amide bonds. The summed E-state index contributed by atoms with van der Waals surface area (Å²) in [5, 5.41) is 9.21. The lowest BCUT2D eigenvalue weighted by atomic mass is 10.1. The normalized spacial score (nSPS) is 36.8. The maximum Gasteiger partial charge on any atom is 0.470 e. The molecule has 2 saturated heterocycles. The van der Waals surface area contributed by atoms with E-state index in [0.29, 0.717) is 0 Å². The predicted octanol–water partition coefficient (Wildman–Crippen LogP) is -1.16. The van der Waals surface area contributed by atoms with E-state index in [0.717, 1.165) is 0 Å². The van der Waals surface area contributed by atoms with Crippen LogP contribution in [0.4, 0.5) is 0 Å². The number of fused-ring (bicyclic) bond motifs is 1. The standard InChI is InChI=1S/C6H10NO9P/c8-7(9)15-3-1-13-6-4(2-14-5(3)6)16-17(10,11)12/h3-6H,1-2H2,(H2,10,11,12). The number of phosphoric acid groups is 1. The fraction of sp³-hybridized carbons (Fsp3) is 1.00. The Morgan fingerprint density at radius 3 is 2.29 bits per heavy atom. The van der Waals surface area contributed by atoms with Crippen LogP contribution in [0.25, 0.3) is 0 Å². The summed E-state index contributed by atoms with van der Waals surface area (Å²) >= 11 is 0. The minimum absolute atomic E-state index is 0.0860. The number of ether oxygens (including phenoxy) is 2. The molecule has 4 atom stereocenters. The van der Waals surface area contributed by atoms with Crippen LogP contribution < -0.4 is 0 Å². The van der Waals surface area contributed by atoms with Crippen LogP contribution in [0.15, 0.2) is 0 Å². The van der Waals surface area contributed by atoms with Gasteiger partial charge >= 0.3 is 7.82 Å². The molecule has 17 heavy (non-hydrogen) atoms. The summed E-state index contributed by atoms with van der Waals surface area (Å²) in [6.07, 6.45) is -3.38. The average molecular weight is 271 g/mol. The molecule has 2 N–H and O–H groups in total. The molecule has 0 saturated carbocycles. The smallest absolute Gasteiger partial charge is 0.370 e. The average Bonchev–Trinajstić information content (AvgIpc) is 2.68. The summed E-state index contributed by atoms with van der Waals surface area (Å²) in [4.78, 5) is 31.8. The number of phosphoric ester groups is 1. The molecule has 11 heteroatoms. The van der Waals surface area contributed by atoms with Gasteiger partial charge in [0.2, 0.25) is 0 Å². The second-order valence-corrected chi connectivity index (χ2v) is 4.79. The Hall–Kier alpha value is -0.770. The second-order valence-electron chi connectivity index (χ2n) is 3.60. The lowest BCUT2D eigenvalue weighted by Crippen LogP contribution is -2.34. The molecule has 0 aliphatic carbocycles. The second kappa shape index (κ2) is 4.48. The van der Waals surface area contributed by atoms with Crippen molar-refractivity contribution in [3.05, 3.63) is 10.1 Å². The maximum absolute atomic E-state index is 10.7. The molecule has 2 aliphatic heterocycles. The Labute approximate surface area is 94.8 Å². The van der Waals surface area contributed by atoms with Gasteiger partial charge in [-0.3, -0.25) is 4.52 Å². The van der Waals surface area contributed by atoms with Gasteiger partial charge in [0.15, 0.2) is 6.10 Å². The summed E-state index contributed by atoms with van der Waals surface area (Å²) in [5.74, 6) is 0. The van der Waals surface area contributed by atoms with Gasteiger partial charge in [-0.15, -0.1) is 10.1 Å². The van der Waals surface area contributed by atoms with Crippen LogP contribution in [0.3, 0.4) is 0 Å². The van der Waals surface area contributed by atoms with Crippen LogP contribution in [-0.4, -0.2) is 52.5 Å². The molecule has 2 heterocycles. The van der Waals surface area contributed by atoms with E-state index in [2.05, 4.69) is 9.36 Å². The fourth-order valence-corrected chi connectivity index (χ4v) is 2.43. The SMILES string of the molecule is O=[N+]([O-])OC1COC2C(OP(=O)(O)O)COC12. The minimum Gasteiger partial charge on any atom is -0.370 e. The van der Waals surface area contributed by atoms with Gasteiger partial charge in [-0.2, -0.15) is 0 Å². The summed E-state index contributed by atoms with van der Waals surface area (Å²) in [6, 6.07) is 0. The van der Waals surface area contributed by atoms with Gasteiger partial charge in [-0.1, -0.05) is 0 Å². The van der Waals surface area contributed by atoms with Crippen molar-refractivity contribution < 1.29 is 38.3 Å². The molecule has 0 aromatic rings. The first kappa shape index (κ1) is 12.7. The summed E-state index contributed by atoms with van der Waals surface area (Å²) in [7, 11) is -4.65. The lowest BCUT2D eigenvalue weighted by molar-refractivity contribution is -0.769. The first-order valence-corrected chi connectivity index (χ1v) is 6.18. The first-order valence-electron chi connectivity index (χ1n) is 4.65. The Bertz CT molecular complexity index is 355. The third-order valence-electron chi connectivity index (χ3n) is 2.46. The molecule has 2 aliphatic rings. The fourth-order valence-electron chi connectivity index (χ4n) is 1.90. The van der Waals surface area contributed by atoms with E-state index in [-0.39, 0.29) is 13.2 Å². The highest BCUT2D eigenvalue weighted by atomic mass is 31.2. The highest BCUT2D eigenvalue weighted by molar-refractivity contribution is 7.46. The van der Waals surface area contributed by atoms with E-state index in [1.807, 2.05) is 0 Å². The van der Waals surface area contributed by atoms with Crippen molar-refractivity contribution in [3.8, 4) is 0 Å². The van der Waals surface area contributed by atoms with Gasteiger partial charge in [-0.05, 0) is 0 Å². The maximum atomic E-state index is 10.7. The van der Waals surface area contributed by atoms with Gasteiger partial charge in [0.1, 0.15) is 18.3 Å². The molecule has 0 aromatic carbocycles. The number of nitrogens with zero attached hydrogens (tertiary/aromatic N) is 1. The Morgan fingerprint density at radius 1 is 1.24 bits per heavy atom. The van der Waals surface area contributed by atoms with Crippen LogP contribution in [0.1, 0.15) is 0 Å². The number of hydrogen-bond donors (Lipinski definition) is 2. The topological polar surface area (TPSA) is 138 Å². The van der Waals surface area contributed by atoms with Crippen LogP contribution in [0.2, 0.25) is 0 Å². The summed E-state index contributed by atoms with van der Waals surface area (Å²) < 4.78 is 25.4. The highest BCUT2D eigenvalue weighted by Crippen LogP contribution is 2.42.